The van der Waals surface area contributed by atoms with Crippen molar-refractivity contribution in [1.82, 2.24) is 9.97 Å². The van der Waals surface area contributed by atoms with Crippen LogP contribution in [0.15, 0.2) is 18.7 Å². The molecule has 1 heterocycles. The monoisotopic (exact) mass is 249 g/mol. The Morgan fingerprint density at radius 2 is 2.11 bits per heavy atom. The molecule has 0 aliphatic rings. The van der Waals surface area contributed by atoms with Gasteiger partial charge in [0.05, 0.1) is 6.61 Å². The summed E-state index contributed by atoms with van der Waals surface area (Å²) in [6.07, 6.45) is 3.80. The molecular weight excluding hydrogens is 226 g/mol. The third-order valence-electron chi connectivity index (χ3n) is 2.43. The number of allylic oxidation sites excluding steroid dienone is 1. The van der Waals surface area contributed by atoms with Crippen molar-refractivity contribution in [2.24, 2.45) is 0 Å². The van der Waals surface area contributed by atoms with Crippen LogP contribution in [0.4, 0.5) is 5.82 Å². The number of nitrogens with zero attached hydrogens (tertiary/aromatic N) is 2. The summed E-state index contributed by atoms with van der Waals surface area (Å²) in [5.74, 6) is 2.20. The van der Waals surface area contributed by atoms with E-state index in [4.69, 9.17) is 4.74 Å². The minimum Gasteiger partial charge on any atom is -0.478 e. The van der Waals surface area contributed by atoms with Crippen LogP contribution in [0.2, 0.25) is 0 Å². The molecular formula is C14H23N3O. The van der Waals surface area contributed by atoms with Crippen molar-refractivity contribution in [3.8, 4) is 5.88 Å². The Balaban J connectivity index is 2.81. The number of ether oxygens (including phenoxy) is 1. The van der Waals surface area contributed by atoms with E-state index in [1.807, 2.05) is 19.2 Å². The van der Waals surface area contributed by atoms with Crippen molar-refractivity contribution >= 4 is 5.82 Å². The van der Waals surface area contributed by atoms with Gasteiger partial charge in [0, 0.05) is 18.5 Å². The Kier molecular flexibility index (Phi) is 5.13. The smallest absolute Gasteiger partial charge is 0.218 e. The van der Waals surface area contributed by atoms with E-state index in [0.717, 1.165) is 24.5 Å². The fraction of sp³-hybridized carbons (Fsp3) is 0.571. The van der Waals surface area contributed by atoms with Gasteiger partial charge in [-0.3, -0.25) is 0 Å². The average molecular weight is 249 g/mol. The standard InChI is InChI=1S/C14H23N3O/c1-6-7-8-9-18-12-10-11(15-5)16-13(17-12)14(2,3)4/h6,10H,1,7-9H2,2-5H3,(H,15,16,17). The number of nitrogens with one attached hydrogen (secondary N) is 1. The molecule has 0 saturated carbocycles. The Hall–Kier alpha value is -1.58. The molecule has 0 spiro atoms. The van der Waals surface area contributed by atoms with Crippen molar-refractivity contribution < 1.29 is 4.74 Å². The molecule has 0 aromatic carbocycles. The molecule has 0 aliphatic carbocycles. The minimum absolute atomic E-state index is 0.0912. The number of hydrogen-bond donors (Lipinski definition) is 1. The topological polar surface area (TPSA) is 47.0 Å². The van der Waals surface area contributed by atoms with Gasteiger partial charge in [-0.25, -0.2) is 4.98 Å². The highest BCUT2D eigenvalue weighted by molar-refractivity contribution is 5.38. The van der Waals surface area contributed by atoms with Gasteiger partial charge >= 0.3 is 0 Å². The zero-order valence-corrected chi connectivity index (χ0v) is 11.8. The molecule has 0 fully saturated rings. The summed E-state index contributed by atoms with van der Waals surface area (Å²) in [7, 11) is 1.84. The average Bonchev–Trinajstić information content (AvgIpc) is 2.33. The van der Waals surface area contributed by atoms with Crippen molar-refractivity contribution in [3.05, 3.63) is 24.5 Å². The third-order valence-corrected chi connectivity index (χ3v) is 2.43. The van der Waals surface area contributed by atoms with Gasteiger partial charge in [-0.15, -0.1) is 6.58 Å². The Morgan fingerprint density at radius 3 is 2.67 bits per heavy atom. The lowest BCUT2D eigenvalue weighted by molar-refractivity contribution is 0.297. The first-order valence-electron chi connectivity index (χ1n) is 6.28. The van der Waals surface area contributed by atoms with Crippen LogP contribution in [0.1, 0.15) is 39.4 Å². The molecule has 0 amide bonds. The largest absolute Gasteiger partial charge is 0.478 e. The second kappa shape index (κ2) is 6.38. The van der Waals surface area contributed by atoms with E-state index in [0.29, 0.717) is 12.5 Å². The summed E-state index contributed by atoms with van der Waals surface area (Å²) in [5.41, 5.74) is -0.0912. The molecule has 0 saturated heterocycles. The fourth-order valence-electron chi connectivity index (χ4n) is 1.37. The van der Waals surface area contributed by atoms with Crippen LogP contribution >= 0.6 is 0 Å². The molecule has 1 aromatic rings. The normalized spacial score (nSPS) is 11.1. The third kappa shape index (κ3) is 4.35. The molecule has 1 aromatic heterocycles. The molecule has 4 nitrogen and oxygen atoms in total. The maximum absolute atomic E-state index is 5.65. The predicted octanol–water partition coefficient (Wildman–Crippen LogP) is 3.16. The van der Waals surface area contributed by atoms with Gasteiger partial charge in [0.2, 0.25) is 5.88 Å². The van der Waals surface area contributed by atoms with Crippen molar-refractivity contribution in [1.29, 1.82) is 0 Å². The highest BCUT2D eigenvalue weighted by atomic mass is 16.5. The van der Waals surface area contributed by atoms with Crippen molar-refractivity contribution in [2.45, 2.75) is 39.0 Å². The highest BCUT2D eigenvalue weighted by Crippen LogP contribution is 2.23. The van der Waals surface area contributed by atoms with Crippen LogP contribution in [-0.2, 0) is 5.41 Å². The first kappa shape index (κ1) is 14.5. The van der Waals surface area contributed by atoms with Crippen molar-refractivity contribution in [2.75, 3.05) is 19.0 Å². The molecule has 4 heteroatoms. The van der Waals surface area contributed by atoms with Crippen LogP contribution in [0.25, 0.3) is 0 Å². The summed E-state index contributed by atoms with van der Waals surface area (Å²) >= 11 is 0. The van der Waals surface area contributed by atoms with E-state index in [1.54, 1.807) is 0 Å². The molecule has 0 unspecified atom stereocenters. The molecule has 0 atom stereocenters. The van der Waals surface area contributed by atoms with Crippen LogP contribution < -0.4 is 10.1 Å². The summed E-state index contributed by atoms with van der Waals surface area (Å²) in [5, 5.41) is 3.03. The Labute approximate surface area is 109 Å². The SMILES string of the molecule is C=CCCCOc1cc(NC)nc(C(C)(C)C)n1. The lowest BCUT2D eigenvalue weighted by Gasteiger charge is -2.18. The maximum Gasteiger partial charge on any atom is 0.218 e. The molecule has 0 aliphatic heterocycles. The zero-order chi connectivity index (χ0) is 13.6. The van der Waals surface area contributed by atoms with E-state index >= 15 is 0 Å². The predicted molar refractivity (Wildman–Crippen MR) is 75.2 cm³/mol. The minimum atomic E-state index is -0.0912. The van der Waals surface area contributed by atoms with Gasteiger partial charge in [0.1, 0.15) is 11.6 Å². The number of rotatable bonds is 6. The number of unbranched alkanes of at least 4 members (excludes halogenated alkanes) is 1. The molecule has 0 bridgehead atoms. The van der Waals surface area contributed by atoms with Crippen LogP contribution in [0, 0.1) is 0 Å². The van der Waals surface area contributed by atoms with E-state index < -0.39 is 0 Å². The first-order chi connectivity index (χ1) is 8.47. The Morgan fingerprint density at radius 1 is 1.39 bits per heavy atom. The number of anilines is 1. The number of aromatic nitrogens is 2. The molecule has 100 valence electrons. The van der Waals surface area contributed by atoms with E-state index in [-0.39, 0.29) is 5.41 Å². The maximum atomic E-state index is 5.65. The van der Waals surface area contributed by atoms with Crippen LogP contribution in [0.5, 0.6) is 5.88 Å². The lowest BCUT2D eigenvalue weighted by Crippen LogP contribution is -2.17. The zero-order valence-electron chi connectivity index (χ0n) is 11.8. The van der Waals surface area contributed by atoms with Gasteiger partial charge in [-0.05, 0) is 12.8 Å². The summed E-state index contributed by atoms with van der Waals surface area (Å²) in [6, 6.07) is 1.82. The first-order valence-corrected chi connectivity index (χ1v) is 6.28. The Bertz CT molecular complexity index is 397. The second-order valence-corrected chi connectivity index (χ2v) is 5.19. The highest BCUT2D eigenvalue weighted by Gasteiger charge is 2.19. The van der Waals surface area contributed by atoms with Gasteiger partial charge in [-0.2, -0.15) is 4.98 Å². The second-order valence-electron chi connectivity index (χ2n) is 5.19. The van der Waals surface area contributed by atoms with Crippen LogP contribution in [0.3, 0.4) is 0 Å². The van der Waals surface area contributed by atoms with Gasteiger partial charge in [-0.1, -0.05) is 26.8 Å². The van der Waals surface area contributed by atoms with Crippen LogP contribution in [-0.4, -0.2) is 23.6 Å². The fourth-order valence-corrected chi connectivity index (χ4v) is 1.37. The number of hydrogen-bond acceptors (Lipinski definition) is 4. The molecule has 0 radical (unpaired) electrons. The lowest BCUT2D eigenvalue weighted by atomic mass is 9.96. The van der Waals surface area contributed by atoms with Crippen molar-refractivity contribution in [3.63, 3.8) is 0 Å². The quantitative estimate of drug-likeness (QED) is 0.621. The van der Waals surface area contributed by atoms with Gasteiger partial charge in [0.25, 0.3) is 0 Å². The molecule has 18 heavy (non-hydrogen) atoms. The molecule has 1 N–H and O–H groups in total. The van der Waals surface area contributed by atoms with E-state index in [1.165, 1.54) is 0 Å². The molecule has 1 rings (SSSR count). The van der Waals surface area contributed by atoms with E-state index in [2.05, 4.69) is 42.6 Å². The van der Waals surface area contributed by atoms with Gasteiger partial charge < -0.3 is 10.1 Å². The van der Waals surface area contributed by atoms with E-state index in [9.17, 15) is 0 Å². The van der Waals surface area contributed by atoms with Gasteiger partial charge in [0.15, 0.2) is 0 Å². The summed E-state index contributed by atoms with van der Waals surface area (Å²) in [4.78, 5) is 8.90. The summed E-state index contributed by atoms with van der Waals surface area (Å²) in [6.45, 7) is 10.6. The summed E-state index contributed by atoms with van der Waals surface area (Å²) < 4.78 is 5.65.